The van der Waals surface area contributed by atoms with Gasteiger partial charge in [0.05, 0.1) is 18.9 Å². The summed E-state index contributed by atoms with van der Waals surface area (Å²) in [4.78, 5) is 26.1. The molecule has 1 saturated heterocycles. The molecule has 0 unspecified atom stereocenters. The number of para-hydroxylation sites is 1. The Labute approximate surface area is 191 Å². The van der Waals surface area contributed by atoms with Crippen LogP contribution in [-0.4, -0.2) is 18.5 Å². The molecule has 3 fully saturated rings. The molecule has 4 aliphatic rings. The van der Waals surface area contributed by atoms with Gasteiger partial charge in [-0.15, -0.1) is 0 Å². The van der Waals surface area contributed by atoms with Crippen molar-refractivity contribution >= 4 is 11.9 Å². The van der Waals surface area contributed by atoms with Crippen LogP contribution in [0.3, 0.4) is 0 Å². The van der Waals surface area contributed by atoms with Crippen LogP contribution >= 0.6 is 0 Å². The molecule has 172 valence electrons. The maximum Gasteiger partial charge on any atom is 0.315 e. The quantitative estimate of drug-likeness (QED) is 0.326. The fourth-order valence-electron chi connectivity index (χ4n) is 8.59. The third kappa shape index (κ3) is 2.94. The van der Waals surface area contributed by atoms with Crippen molar-refractivity contribution < 1.29 is 19.1 Å². The molecule has 32 heavy (non-hydrogen) atoms. The molecule has 0 amide bonds. The van der Waals surface area contributed by atoms with Crippen LogP contribution in [0.15, 0.2) is 42.5 Å². The summed E-state index contributed by atoms with van der Waals surface area (Å²) in [5.41, 5.74) is -0.285. The van der Waals surface area contributed by atoms with Crippen LogP contribution in [0.2, 0.25) is 0 Å². The summed E-state index contributed by atoms with van der Waals surface area (Å²) in [6.07, 6.45) is 10.1. The first-order chi connectivity index (χ1) is 15.1. The number of allylic oxidation sites excluding steroid dienone is 2. The van der Waals surface area contributed by atoms with E-state index in [9.17, 15) is 9.59 Å². The van der Waals surface area contributed by atoms with E-state index < -0.39 is 5.41 Å². The highest BCUT2D eigenvalue weighted by atomic mass is 16.5. The summed E-state index contributed by atoms with van der Waals surface area (Å²) < 4.78 is 11.5. The molecule has 4 heteroatoms. The summed E-state index contributed by atoms with van der Waals surface area (Å²) >= 11 is 0. The molecule has 6 atom stereocenters. The number of esters is 2. The van der Waals surface area contributed by atoms with E-state index in [1.807, 2.05) is 30.3 Å². The lowest BCUT2D eigenvalue weighted by atomic mass is 9.36. The van der Waals surface area contributed by atoms with Gasteiger partial charge in [0, 0.05) is 5.41 Å². The second kappa shape index (κ2) is 7.20. The van der Waals surface area contributed by atoms with Crippen molar-refractivity contribution in [2.75, 3.05) is 6.61 Å². The highest BCUT2D eigenvalue weighted by Gasteiger charge is 2.70. The molecule has 0 N–H and O–H groups in total. The number of hydrogen-bond acceptors (Lipinski definition) is 4. The van der Waals surface area contributed by atoms with Gasteiger partial charge in [0.1, 0.15) is 5.75 Å². The number of ether oxygens (including phenoxy) is 2. The smallest absolute Gasteiger partial charge is 0.315 e. The Hall–Kier alpha value is -2.10. The second-order valence-corrected chi connectivity index (χ2v) is 11.9. The number of carbonyl (C=O) groups is 2. The van der Waals surface area contributed by atoms with Gasteiger partial charge in [-0.25, -0.2) is 0 Å². The molecule has 1 aromatic rings. The predicted octanol–water partition coefficient (Wildman–Crippen LogP) is 5.96. The fourth-order valence-corrected chi connectivity index (χ4v) is 8.59. The normalized spacial score (nSPS) is 42.1. The highest BCUT2D eigenvalue weighted by Crippen LogP contribution is 2.72. The zero-order chi connectivity index (χ0) is 22.8. The first-order valence-electron chi connectivity index (χ1n) is 12.2. The van der Waals surface area contributed by atoms with Crippen molar-refractivity contribution in [3.8, 4) is 5.75 Å². The Balaban J connectivity index is 1.53. The van der Waals surface area contributed by atoms with E-state index in [2.05, 4.69) is 39.8 Å². The number of rotatable bonds is 2. The van der Waals surface area contributed by atoms with E-state index >= 15 is 0 Å². The molecule has 3 aliphatic carbocycles. The van der Waals surface area contributed by atoms with Gasteiger partial charge in [-0.1, -0.05) is 58.0 Å². The third-order valence-electron chi connectivity index (χ3n) is 10.1. The molecule has 1 aliphatic heterocycles. The number of benzene rings is 1. The van der Waals surface area contributed by atoms with E-state index in [1.54, 1.807) is 0 Å². The minimum absolute atomic E-state index is 0.135. The van der Waals surface area contributed by atoms with Crippen molar-refractivity contribution in [1.82, 2.24) is 0 Å². The average molecular weight is 437 g/mol. The molecule has 1 aromatic carbocycles. The van der Waals surface area contributed by atoms with E-state index in [1.165, 1.54) is 0 Å². The molecule has 1 spiro atoms. The summed E-state index contributed by atoms with van der Waals surface area (Å²) in [6.45, 7) is 9.91. The van der Waals surface area contributed by atoms with Crippen molar-refractivity contribution in [2.24, 2.45) is 39.4 Å². The molecule has 4 nitrogen and oxygen atoms in total. The van der Waals surface area contributed by atoms with Gasteiger partial charge in [-0.05, 0) is 72.3 Å². The molecule has 2 saturated carbocycles. The summed E-state index contributed by atoms with van der Waals surface area (Å²) in [5, 5.41) is 0. The zero-order valence-electron chi connectivity index (χ0n) is 19.9. The molecule has 0 bridgehead atoms. The third-order valence-corrected chi connectivity index (χ3v) is 10.1. The van der Waals surface area contributed by atoms with Gasteiger partial charge in [0.25, 0.3) is 0 Å². The van der Waals surface area contributed by atoms with Crippen LogP contribution in [-0.2, 0) is 14.3 Å². The van der Waals surface area contributed by atoms with Gasteiger partial charge in [0.2, 0.25) is 0 Å². The topological polar surface area (TPSA) is 52.6 Å². The van der Waals surface area contributed by atoms with Crippen LogP contribution in [0.4, 0.5) is 0 Å². The SMILES string of the molecule is CC1(C)C=CC[C@]2(C)[C@H]3CC[C@H](C(=O)Oc4ccccc4)[C@]4(COC(=O)C4)[C@]3(C)CC[C@@H]12. The zero-order valence-corrected chi connectivity index (χ0v) is 19.9. The minimum Gasteiger partial charge on any atom is -0.465 e. The molecule has 5 rings (SSSR count). The Morgan fingerprint density at radius 1 is 1.03 bits per heavy atom. The van der Waals surface area contributed by atoms with Gasteiger partial charge in [0.15, 0.2) is 0 Å². The first-order valence-corrected chi connectivity index (χ1v) is 12.2. The van der Waals surface area contributed by atoms with Crippen LogP contribution in [0, 0.1) is 39.4 Å². The standard InChI is InChI=1S/C28H36O4/c1-25(2)14-8-15-26(3)21(25)13-16-27(4)22(26)12-11-20(28(27)17-23(29)31-18-28)24(30)32-19-9-6-5-7-10-19/h5-10,14,20-22H,11-13,15-18H2,1-4H3/t20-,21+,22-,26+,27-,28+/m1/s1. The Morgan fingerprint density at radius 2 is 1.78 bits per heavy atom. The van der Waals surface area contributed by atoms with Crippen LogP contribution in [0.5, 0.6) is 5.75 Å². The highest BCUT2D eigenvalue weighted by molar-refractivity contribution is 5.80. The summed E-state index contributed by atoms with van der Waals surface area (Å²) in [6, 6.07) is 9.29. The van der Waals surface area contributed by atoms with E-state index in [-0.39, 0.29) is 34.1 Å². The largest absolute Gasteiger partial charge is 0.465 e. The monoisotopic (exact) mass is 436 g/mol. The number of carbonyl (C=O) groups excluding carboxylic acids is 2. The van der Waals surface area contributed by atoms with Gasteiger partial charge >= 0.3 is 11.9 Å². The lowest BCUT2D eigenvalue weighted by Crippen LogP contribution is -2.64. The number of cyclic esters (lactones) is 1. The van der Waals surface area contributed by atoms with Gasteiger partial charge in [-0.2, -0.15) is 0 Å². The van der Waals surface area contributed by atoms with Crippen LogP contribution < -0.4 is 4.74 Å². The van der Waals surface area contributed by atoms with Gasteiger partial charge in [-0.3, -0.25) is 9.59 Å². The molecule has 0 radical (unpaired) electrons. The number of hydrogen-bond donors (Lipinski definition) is 0. The van der Waals surface area contributed by atoms with E-state index in [0.717, 1.165) is 32.1 Å². The summed E-state index contributed by atoms with van der Waals surface area (Å²) in [7, 11) is 0. The minimum atomic E-state index is -0.488. The second-order valence-electron chi connectivity index (χ2n) is 11.9. The van der Waals surface area contributed by atoms with Crippen molar-refractivity contribution in [1.29, 1.82) is 0 Å². The van der Waals surface area contributed by atoms with E-state index in [0.29, 0.717) is 30.6 Å². The Bertz CT molecular complexity index is 949. The maximum atomic E-state index is 13.5. The van der Waals surface area contributed by atoms with Gasteiger partial charge < -0.3 is 9.47 Å². The first kappa shape index (κ1) is 21.7. The lowest BCUT2D eigenvalue weighted by molar-refractivity contribution is -0.203. The Morgan fingerprint density at radius 3 is 2.47 bits per heavy atom. The fraction of sp³-hybridized carbons (Fsp3) is 0.643. The lowest BCUT2D eigenvalue weighted by Gasteiger charge is -2.67. The average Bonchev–Trinajstić information content (AvgIpc) is 3.12. The molecule has 0 aromatic heterocycles. The predicted molar refractivity (Wildman–Crippen MR) is 123 cm³/mol. The van der Waals surface area contributed by atoms with Crippen LogP contribution in [0.1, 0.15) is 66.2 Å². The van der Waals surface area contributed by atoms with Crippen molar-refractivity contribution in [2.45, 2.75) is 66.2 Å². The Kier molecular flexibility index (Phi) is 4.89. The van der Waals surface area contributed by atoms with Crippen molar-refractivity contribution in [3.63, 3.8) is 0 Å². The summed E-state index contributed by atoms with van der Waals surface area (Å²) in [5.74, 6) is 0.947. The van der Waals surface area contributed by atoms with Crippen LogP contribution in [0.25, 0.3) is 0 Å². The van der Waals surface area contributed by atoms with E-state index in [4.69, 9.17) is 9.47 Å². The molecular weight excluding hydrogens is 400 g/mol. The molecular formula is C28H36O4. The maximum absolute atomic E-state index is 13.5. The van der Waals surface area contributed by atoms with Crippen molar-refractivity contribution in [3.05, 3.63) is 42.5 Å². The molecule has 1 heterocycles. The number of fused-ring (bicyclic) bond motifs is 4.